The fraction of sp³-hybridized carbons (Fsp3) is 0.0769. The molecular weight excluding hydrogens is 454 g/mol. The van der Waals surface area contributed by atoms with Crippen molar-refractivity contribution in [1.29, 1.82) is 0 Å². The molecule has 8 heteroatoms. The second kappa shape index (κ2) is 8.44. The molecule has 0 aliphatic carbocycles. The number of nitrogen functional groups attached to an aromatic ring is 2. The van der Waals surface area contributed by atoms with E-state index in [-0.39, 0.29) is 44.8 Å². The zero-order valence-corrected chi connectivity index (χ0v) is 17.5. The summed E-state index contributed by atoms with van der Waals surface area (Å²) in [6.07, 6.45) is -9.28. The van der Waals surface area contributed by atoms with Crippen molar-refractivity contribution in [3.63, 3.8) is 0 Å². The van der Waals surface area contributed by atoms with Gasteiger partial charge >= 0.3 is 12.4 Å². The van der Waals surface area contributed by atoms with Crippen LogP contribution in [0.4, 0.5) is 37.7 Å². The molecule has 174 valence electrons. The number of alkyl halides is 6. The predicted octanol–water partition coefficient (Wildman–Crippen LogP) is 7.89. The van der Waals surface area contributed by atoms with E-state index in [1.54, 1.807) is 0 Å². The summed E-state index contributed by atoms with van der Waals surface area (Å²) in [6.45, 7) is 0. The van der Waals surface area contributed by atoms with E-state index in [2.05, 4.69) is 0 Å². The lowest BCUT2D eigenvalue weighted by Crippen LogP contribution is -2.08. The summed E-state index contributed by atoms with van der Waals surface area (Å²) in [5, 5.41) is 0. The highest BCUT2D eigenvalue weighted by Gasteiger charge is 2.35. The van der Waals surface area contributed by atoms with Crippen molar-refractivity contribution in [3.8, 4) is 33.4 Å². The van der Waals surface area contributed by atoms with Crippen molar-refractivity contribution in [2.24, 2.45) is 0 Å². The molecule has 0 heterocycles. The third kappa shape index (κ3) is 4.44. The lowest BCUT2D eigenvalue weighted by atomic mass is 9.86. The topological polar surface area (TPSA) is 52.0 Å². The van der Waals surface area contributed by atoms with E-state index in [4.69, 9.17) is 11.5 Å². The highest BCUT2D eigenvalue weighted by atomic mass is 19.4. The van der Waals surface area contributed by atoms with Gasteiger partial charge in [0.1, 0.15) is 0 Å². The van der Waals surface area contributed by atoms with Crippen molar-refractivity contribution in [1.82, 2.24) is 0 Å². The molecule has 2 nitrogen and oxygen atoms in total. The molecule has 0 fully saturated rings. The summed E-state index contributed by atoms with van der Waals surface area (Å²) < 4.78 is 82.6. The Morgan fingerprint density at radius 3 is 1.12 bits per heavy atom. The van der Waals surface area contributed by atoms with Crippen molar-refractivity contribution in [2.75, 3.05) is 11.5 Å². The van der Waals surface area contributed by atoms with Crippen LogP contribution in [0.1, 0.15) is 11.1 Å². The average Bonchev–Trinajstić information content (AvgIpc) is 2.78. The van der Waals surface area contributed by atoms with Gasteiger partial charge in [-0.1, -0.05) is 48.5 Å². The van der Waals surface area contributed by atoms with Crippen molar-refractivity contribution in [3.05, 3.63) is 96.1 Å². The number of hydrogen-bond donors (Lipinski definition) is 2. The van der Waals surface area contributed by atoms with Crippen LogP contribution in [0.2, 0.25) is 0 Å². The van der Waals surface area contributed by atoms with Crippen LogP contribution < -0.4 is 11.5 Å². The van der Waals surface area contributed by atoms with Crippen LogP contribution >= 0.6 is 0 Å². The van der Waals surface area contributed by atoms with Crippen LogP contribution in [0.5, 0.6) is 0 Å². The van der Waals surface area contributed by atoms with E-state index in [1.165, 1.54) is 72.8 Å². The maximum Gasteiger partial charge on any atom is 0.417 e. The first-order valence-electron chi connectivity index (χ1n) is 10.1. The zero-order chi connectivity index (χ0) is 24.7. The van der Waals surface area contributed by atoms with Gasteiger partial charge in [-0.3, -0.25) is 0 Å². The highest BCUT2D eigenvalue weighted by molar-refractivity contribution is 5.95. The molecule has 4 N–H and O–H groups in total. The maximum absolute atomic E-state index is 13.8. The van der Waals surface area contributed by atoms with E-state index < -0.39 is 23.5 Å². The first kappa shape index (κ1) is 23.2. The molecule has 4 aromatic rings. The minimum atomic E-state index is -4.64. The molecule has 0 radical (unpaired) electrons. The second-order valence-corrected chi connectivity index (χ2v) is 7.70. The number of nitrogens with two attached hydrogens (primary N) is 2. The molecule has 0 saturated heterocycles. The Kier molecular flexibility index (Phi) is 5.77. The third-order valence-corrected chi connectivity index (χ3v) is 5.42. The van der Waals surface area contributed by atoms with Gasteiger partial charge in [-0.2, -0.15) is 26.3 Å². The molecule has 0 saturated carbocycles. The minimum Gasteiger partial charge on any atom is -0.399 e. The van der Waals surface area contributed by atoms with Crippen LogP contribution in [-0.4, -0.2) is 0 Å². The minimum absolute atomic E-state index is 0.123. The number of benzene rings is 4. The Bertz CT molecular complexity index is 1250. The maximum atomic E-state index is 13.8. The summed E-state index contributed by atoms with van der Waals surface area (Å²) in [5.41, 5.74) is 11.2. The first-order chi connectivity index (χ1) is 16.0. The fourth-order valence-corrected chi connectivity index (χ4v) is 3.97. The Labute approximate surface area is 191 Å². The van der Waals surface area contributed by atoms with Crippen molar-refractivity contribution in [2.45, 2.75) is 12.4 Å². The monoisotopic (exact) mass is 472 g/mol. The summed E-state index contributed by atoms with van der Waals surface area (Å²) in [4.78, 5) is 0. The van der Waals surface area contributed by atoms with E-state index in [0.717, 1.165) is 12.1 Å². The smallest absolute Gasteiger partial charge is 0.399 e. The number of rotatable bonds is 3. The molecule has 0 aromatic heterocycles. The van der Waals surface area contributed by atoms with Crippen LogP contribution in [0.3, 0.4) is 0 Å². The van der Waals surface area contributed by atoms with Gasteiger partial charge in [-0.05, 0) is 69.8 Å². The van der Waals surface area contributed by atoms with Crippen molar-refractivity contribution < 1.29 is 26.3 Å². The number of halogens is 6. The molecule has 4 aromatic carbocycles. The quantitative estimate of drug-likeness (QED) is 0.235. The van der Waals surface area contributed by atoms with Gasteiger partial charge in [0.2, 0.25) is 0 Å². The van der Waals surface area contributed by atoms with Gasteiger partial charge in [0.05, 0.1) is 11.1 Å². The largest absolute Gasteiger partial charge is 0.417 e. The van der Waals surface area contributed by atoms with Crippen molar-refractivity contribution >= 4 is 11.4 Å². The van der Waals surface area contributed by atoms with Gasteiger partial charge in [-0.25, -0.2) is 0 Å². The van der Waals surface area contributed by atoms with Gasteiger partial charge in [0.25, 0.3) is 0 Å². The Hall–Kier alpha value is -3.94. The van der Waals surface area contributed by atoms with Crippen LogP contribution in [0.15, 0.2) is 84.9 Å². The number of anilines is 2. The molecule has 0 aliphatic heterocycles. The van der Waals surface area contributed by atoms with E-state index in [0.29, 0.717) is 0 Å². The summed E-state index contributed by atoms with van der Waals surface area (Å²) in [5.74, 6) is 0. The zero-order valence-electron chi connectivity index (χ0n) is 17.5. The SMILES string of the molecule is Nc1ccc(-c2ccccc2C(F)(F)F)c(-c2cc(N)ccc2-c2ccccc2C(F)(F)F)c1. The molecule has 0 aliphatic rings. The molecule has 0 unspecified atom stereocenters. The van der Waals surface area contributed by atoms with Gasteiger partial charge in [0.15, 0.2) is 0 Å². The molecule has 0 bridgehead atoms. The Morgan fingerprint density at radius 2 is 0.765 bits per heavy atom. The van der Waals surface area contributed by atoms with Gasteiger partial charge in [0, 0.05) is 11.4 Å². The molecule has 0 atom stereocenters. The van der Waals surface area contributed by atoms with Crippen LogP contribution in [-0.2, 0) is 12.4 Å². The second-order valence-electron chi connectivity index (χ2n) is 7.70. The molecule has 0 amide bonds. The van der Waals surface area contributed by atoms with E-state index in [9.17, 15) is 26.3 Å². The van der Waals surface area contributed by atoms with E-state index >= 15 is 0 Å². The predicted molar refractivity (Wildman–Crippen MR) is 122 cm³/mol. The Morgan fingerprint density at radius 1 is 0.412 bits per heavy atom. The standard InChI is InChI=1S/C26H18F6N2/c27-25(28,29)23-7-3-1-5-19(23)17-11-9-15(33)13-21(17)22-14-16(34)10-12-18(22)20-6-2-4-8-24(20)26(30,31)32/h1-14H,33-34H2. The summed E-state index contributed by atoms with van der Waals surface area (Å²) in [7, 11) is 0. The number of hydrogen-bond acceptors (Lipinski definition) is 2. The third-order valence-electron chi connectivity index (χ3n) is 5.42. The molecular formula is C26H18F6N2. The molecule has 0 spiro atoms. The Balaban J connectivity index is 2.06. The first-order valence-corrected chi connectivity index (χ1v) is 10.1. The summed E-state index contributed by atoms with van der Waals surface area (Å²) >= 11 is 0. The average molecular weight is 472 g/mol. The van der Waals surface area contributed by atoms with Gasteiger partial charge in [-0.15, -0.1) is 0 Å². The van der Waals surface area contributed by atoms with Crippen LogP contribution in [0, 0.1) is 0 Å². The van der Waals surface area contributed by atoms with Gasteiger partial charge < -0.3 is 11.5 Å². The normalized spacial score (nSPS) is 12.1. The van der Waals surface area contributed by atoms with E-state index in [1.807, 2.05) is 0 Å². The fourth-order valence-electron chi connectivity index (χ4n) is 3.97. The lowest BCUT2D eigenvalue weighted by Gasteiger charge is -2.20. The molecule has 4 rings (SSSR count). The lowest BCUT2D eigenvalue weighted by molar-refractivity contribution is -0.137. The van der Waals surface area contributed by atoms with Crippen LogP contribution in [0.25, 0.3) is 33.4 Å². The highest BCUT2D eigenvalue weighted by Crippen LogP contribution is 2.46. The summed E-state index contributed by atoms with van der Waals surface area (Å²) in [6, 6.07) is 18.6. The molecule has 34 heavy (non-hydrogen) atoms.